The van der Waals surface area contributed by atoms with Gasteiger partial charge in [0.25, 0.3) is 6.47 Å². The van der Waals surface area contributed by atoms with E-state index in [0.29, 0.717) is 30.0 Å². The molecule has 0 unspecified atom stereocenters. The highest BCUT2D eigenvalue weighted by Gasteiger charge is 2.14. The van der Waals surface area contributed by atoms with E-state index in [1.807, 2.05) is 0 Å². The summed E-state index contributed by atoms with van der Waals surface area (Å²) < 4.78 is 9.88. The van der Waals surface area contributed by atoms with E-state index < -0.39 is 0 Å². The van der Waals surface area contributed by atoms with Crippen LogP contribution in [0, 0.1) is 6.92 Å². The van der Waals surface area contributed by atoms with E-state index in [1.165, 1.54) is 0 Å². The maximum Gasteiger partial charge on any atom is 0.293 e. The monoisotopic (exact) mass is 272 g/mol. The van der Waals surface area contributed by atoms with Crippen LogP contribution in [0.15, 0.2) is 33.9 Å². The number of nitrogens with zero attached hydrogens (tertiary/aromatic N) is 4. The molecule has 0 saturated heterocycles. The standard InChI is InChI=1S/C13H12N4O3/c1-9-12(6-7-19-8-18)13(16-20-9)10-2-4-11(5-3-10)15-17-14/h2-5,8H,6-7H2,1H3. The van der Waals surface area contributed by atoms with Crippen LogP contribution in [-0.4, -0.2) is 18.2 Å². The van der Waals surface area contributed by atoms with Crippen molar-refractivity contribution in [1.29, 1.82) is 0 Å². The molecule has 2 rings (SSSR count). The molecule has 0 saturated carbocycles. The second-order valence-electron chi connectivity index (χ2n) is 4.02. The van der Waals surface area contributed by atoms with E-state index in [2.05, 4.69) is 15.2 Å². The SMILES string of the molecule is Cc1onc(-c2ccc(N=[N+]=[N-])cc2)c1CCOC=O. The number of carbonyl (C=O) groups is 1. The van der Waals surface area contributed by atoms with Crippen LogP contribution < -0.4 is 0 Å². The Morgan fingerprint density at radius 1 is 1.45 bits per heavy atom. The molecule has 7 heteroatoms. The summed E-state index contributed by atoms with van der Waals surface area (Å²) in [6.07, 6.45) is 0.529. The van der Waals surface area contributed by atoms with Crippen molar-refractivity contribution in [2.24, 2.45) is 5.11 Å². The average Bonchev–Trinajstić information content (AvgIpc) is 2.82. The van der Waals surface area contributed by atoms with Crippen LogP contribution in [0.1, 0.15) is 11.3 Å². The molecule has 0 amide bonds. The minimum Gasteiger partial charge on any atom is -0.468 e. The van der Waals surface area contributed by atoms with Crippen LogP contribution in [0.4, 0.5) is 5.69 Å². The first-order valence-corrected chi connectivity index (χ1v) is 5.92. The molecular weight excluding hydrogens is 260 g/mol. The summed E-state index contributed by atoms with van der Waals surface area (Å²) in [6, 6.07) is 6.99. The van der Waals surface area contributed by atoms with Crippen molar-refractivity contribution in [3.63, 3.8) is 0 Å². The molecule has 1 aromatic carbocycles. The second kappa shape index (κ2) is 6.40. The Hall–Kier alpha value is -2.79. The Kier molecular flexibility index (Phi) is 4.36. The minimum absolute atomic E-state index is 0.273. The zero-order valence-corrected chi connectivity index (χ0v) is 10.8. The van der Waals surface area contributed by atoms with E-state index in [1.54, 1.807) is 31.2 Å². The van der Waals surface area contributed by atoms with Crippen LogP contribution >= 0.6 is 0 Å². The third kappa shape index (κ3) is 2.96. The molecule has 0 fully saturated rings. The van der Waals surface area contributed by atoms with Crippen LogP contribution in [0.5, 0.6) is 0 Å². The third-order valence-electron chi connectivity index (χ3n) is 2.82. The van der Waals surface area contributed by atoms with Gasteiger partial charge in [-0.1, -0.05) is 34.5 Å². The van der Waals surface area contributed by atoms with E-state index in [4.69, 9.17) is 14.8 Å². The molecule has 7 nitrogen and oxygen atoms in total. The van der Waals surface area contributed by atoms with E-state index >= 15 is 0 Å². The Morgan fingerprint density at radius 2 is 2.20 bits per heavy atom. The highest BCUT2D eigenvalue weighted by Crippen LogP contribution is 2.27. The van der Waals surface area contributed by atoms with Gasteiger partial charge in [0.1, 0.15) is 11.5 Å². The summed E-state index contributed by atoms with van der Waals surface area (Å²) in [4.78, 5) is 12.9. The molecule has 20 heavy (non-hydrogen) atoms. The van der Waals surface area contributed by atoms with Crippen LogP contribution in [0.2, 0.25) is 0 Å². The van der Waals surface area contributed by atoms with Crippen molar-refractivity contribution in [1.82, 2.24) is 5.16 Å². The molecule has 2 aromatic rings. The number of hydrogen-bond acceptors (Lipinski definition) is 5. The predicted octanol–water partition coefficient (Wildman–Crippen LogP) is 3.31. The highest BCUT2D eigenvalue weighted by atomic mass is 16.5. The number of hydrogen-bond donors (Lipinski definition) is 0. The number of carbonyl (C=O) groups excluding carboxylic acids is 1. The number of ether oxygens (including phenoxy) is 1. The number of benzene rings is 1. The van der Waals surface area contributed by atoms with Gasteiger partial charge < -0.3 is 9.26 Å². The summed E-state index contributed by atoms with van der Waals surface area (Å²) in [5.41, 5.74) is 11.3. The summed E-state index contributed by atoms with van der Waals surface area (Å²) in [5.74, 6) is 0.689. The largest absolute Gasteiger partial charge is 0.468 e. The lowest BCUT2D eigenvalue weighted by Gasteiger charge is -2.02. The fraction of sp³-hybridized carbons (Fsp3) is 0.231. The molecule has 0 spiro atoms. The van der Waals surface area contributed by atoms with E-state index in [0.717, 1.165) is 11.1 Å². The zero-order chi connectivity index (χ0) is 14.4. The summed E-state index contributed by atoms with van der Waals surface area (Å²) in [5, 5.41) is 7.53. The van der Waals surface area contributed by atoms with Gasteiger partial charge in [-0.15, -0.1) is 0 Å². The third-order valence-corrected chi connectivity index (χ3v) is 2.82. The summed E-state index contributed by atoms with van der Waals surface area (Å²) in [7, 11) is 0. The predicted molar refractivity (Wildman–Crippen MR) is 71.2 cm³/mol. The fourth-order valence-corrected chi connectivity index (χ4v) is 1.86. The normalized spacial score (nSPS) is 9.85. The van der Waals surface area contributed by atoms with Gasteiger partial charge >= 0.3 is 0 Å². The quantitative estimate of drug-likeness (QED) is 0.264. The van der Waals surface area contributed by atoms with Gasteiger partial charge in [-0.3, -0.25) is 4.79 Å². The number of rotatable bonds is 6. The van der Waals surface area contributed by atoms with Gasteiger partial charge in [0, 0.05) is 28.1 Å². The van der Waals surface area contributed by atoms with Gasteiger partial charge in [0.2, 0.25) is 0 Å². The zero-order valence-electron chi connectivity index (χ0n) is 10.8. The molecule has 1 heterocycles. The lowest BCUT2D eigenvalue weighted by atomic mass is 10.0. The van der Waals surface area contributed by atoms with Crippen molar-refractivity contribution in [2.75, 3.05) is 6.61 Å². The van der Waals surface area contributed by atoms with Gasteiger partial charge in [0.15, 0.2) is 0 Å². The molecule has 0 atom stereocenters. The van der Waals surface area contributed by atoms with Gasteiger partial charge in [-0.05, 0) is 12.5 Å². The first kappa shape index (κ1) is 13.6. The molecule has 0 bridgehead atoms. The van der Waals surface area contributed by atoms with Crippen LogP contribution in [-0.2, 0) is 16.0 Å². The highest BCUT2D eigenvalue weighted by molar-refractivity contribution is 5.65. The van der Waals surface area contributed by atoms with E-state index in [9.17, 15) is 4.79 Å². The molecular formula is C13H12N4O3. The maximum atomic E-state index is 10.2. The Balaban J connectivity index is 2.27. The van der Waals surface area contributed by atoms with Crippen LogP contribution in [0.25, 0.3) is 21.7 Å². The number of aromatic nitrogens is 1. The maximum absolute atomic E-state index is 10.2. The molecule has 1 aromatic heterocycles. The minimum atomic E-state index is 0.273. The average molecular weight is 272 g/mol. The van der Waals surface area contributed by atoms with Gasteiger partial charge in [-0.25, -0.2) is 0 Å². The Labute approximate surface area is 114 Å². The first-order valence-electron chi connectivity index (χ1n) is 5.92. The summed E-state index contributed by atoms with van der Waals surface area (Å²) >= 11 is 0. The van der Waals surface area contributed by atoms with Crippen LogP contribution in [0.3, 0.4) is 0 Å². The molecule has 0 aliphatic carbocycles. The number of azide groups is 1. The van der Waals surface area contributed by atoms with Gasteiger partial charge in [-0.2, -0.15) is 0 Å². The Bertz CT molecular complexity index is 642. The molecule has 0 aliphatic heterocycles. The topological polar surface area (TPSA) is 101 Å². The van der Waals surface area contributed by atoms with Crippen molar-refractivity contribution < 1.29 is 14.1 Å². The smallest absolute Gasteiger partial charge is 0.293 e. The second-order valence-corrected chi connectivity index (χ2v) is 4.02. The molecule has 0 aliphatic rings. The van der Waals surface area contributed by atoms with E-state index in [-0.39, 0.29) is 6.61 Å². The fourth-order valence-electron chi connectivity index (χ4n) is 1.86. The van der Waals surface area contributed by atoms with Crippen molar-refractivity contribution in [3.05, 3.63) is 46.0 Å². The van der Waals surface area contributed by atoms with Crippen molar-refractivity contribution in [2.45, 2.75) is 13.3 Å². The molecule has 102 valence electrons. The lowest BCUT2D eigenvalue weighted by Crippen LogP contribution is -1.98. The first-order chi connectivity index (χ1) is 9.76. The molecule has 0 N–H and O–H groups in total. The Morgan fingerprint density at radius 3 is 2.85 bits per heavy atom. The molecule has 0 radical (unpaired) electrons. The lowest BCUT2D eigenvalue weighted by molar-refractivity contribution is -0.128. The number of aryl methyl sites for hydroxylation is 1. The van der Waals surface area contributed by atoms with Gasteiger partial charge in [0.05, 0.1) is 6.61 Å². The van der Waals surface area contributed by atoms with Crippen molar-refractivity contribution >= 4 is 12.2 Å². The van der Waals surface area contributed by atoms with Crippen molar-refractivity contribution in [3.8, 4) is 11.3 Å². The summed E-state index contributed by atoms with van der Waals surface area (Å²) in [6.45, 7) is 2.49.